The second-order valence-electron chi connectivity index (χ2n) is 8.79. The molecule has 4 heteroatoms. The number of aliphatic carboxylic acids is 1. The molecule has 0 aliphatic carbocycles. The number of carbonyl (C=O) groups is 1. The molecule has 0 amide bonds. The molecule has 0 aliphatic rings. The maximum atomic E-state index is 11.4. The molecule has 0 radical (unpaired) electrons. The van der Waals surface area contributed by atoms with Crippen molar-refractivity contribution in [1.29, 1.82) is 0 Å². The highest BCUT2D eigenvalue weighted by Gasteiger charge is 2.50. The van der Waals surface area contributed by atoms with Crippen LogP contribution < -0.4 is 10.4 Å². The summed E-state index contributed by atoms with van der Waals surface area (Å²) in [4.78, 5) is 11.4. The minimum atomic E-state index is -2.66. The lowest BCUT2D eigenvalue weighted by Gasteiger charge is -2.43. The first-order valence-electron chi connectivity index (χ1n) is 10.3. The Bertz CT molecular complexity index is 952. The Labute approximate surface area is 180 Å². The van der Waals surface area contributed by atoms with E-state index in [1.54, 1.807) is 0 Å². The maximum Gasteiger partial charge on any atom is 0.307 e. The molecule has 3 nitrogen and oxygen atoms in total. The first-order valence-corrected chi connectivity index (χ1v) is 12.2. The van der Waals surface area contributed by atoms with Gasteiger partial charge in [-0.2, -0.15) is 0 Å². The molecule has 0 aliphatic heterocycles. The Hall–Kier alpha value is -2.69. The van der Waals surface area contributed by atoms with Gasteiger partial charge in [0.2, 0.25) is 0 Å². The molecule has 0 heterocycles. The zero-order chi connectivity index (χ0) is 21.8. The van der Waals surface area contributed by atoms with E-state index in [4.69, 9.17) is 4.43 Å². The zero-order valence-corrected chi connectivity index (χ0v) is 19.2. The highest BCUT2D eigenvalue weighted by Crippen LogP contribution is 2.37. The van der Waals surface area contributed by atoms with E-state index in [1.807, 2.05) is 31.2 Å². The van der Waals surface area contributed by atoms with Crippen molar-refractivity contribution >= 4 is 24.7 Å². The molecule has 3 aromatic carbocycles. The van der Waals surface area contributed by atoms with Gasteiger partial charge < -0.3 is 9.53 Å². The van der Waals surface area contributed by atoms with Gasteiger partial charge in [-0.1, -0.05) is 105 Å². The number of hydrogen-bond donors (Lipinski definition) is 1. The van der Waals surface area contributed by atoms with Crippen LogP contribution in [0.2, 0.25) is 5.04 Å². The fourth-order valence-corrected chi connectivity index (χ4v) is 8.70. The Balaban J connectivity index is 2.11. The van der Waals surface area contributed by atoms with Gasteiger partial charge in [-0.3, -0.25) is 4.79 Å². The summed E-state index contributed by atoms with van der Waals surface area (Å²) in [6.07, 6.45) is -0.000277. The summed E-state index contributed by atoms with van der Waals surface area (Å²) in [5.41, 5.74) is 2.86. The van der Waals surface area contributed by atoms with Gasteiger partial charge >= 0.3 is 5.97 Å². The average molecular weight is 419 g/mol. The van der Waals surface area contributed by atoms with Crippen LogP contribution in [0.15, 0.2) is 78.9 Å². The molecule has 0 unspecified atom stereocenters. The third-order valence-electron chi connectivity index (χ3n) is 5.56. The Morgan fingerprint density at radius 1 is 0.867 bits per heavy atom. The summed E-state index contributed by atoms with van der Waals surface area (Å²) in [6, 6.07) is 26.9. The second kappa shape index (κ2) is 8.98. The van der Waals surface area contributed by atoms with Crippen LogP contribution in [0.3, 0.4) is 0 Å². The monoisotopic (exact) mass is 418 g/mol. The zero-order valence-electron chi connectivity index (χ0n) is 18.2. The number of rotatable bonds is 7. The lowest BCUT2D eigenvalue weighted by atomic mass is 10.0. The van der Waals surface area contributed by atoms with E-state index in [-0.39, 0.29) is 11.5 Å². The van der Waals surface area contributed by atoms with Crippen molar-refractivity contribution in [2.24, 2.45) is 0 Å². The van der Waals surface area contributed by atoms with Gasteiger partial charge in [0.25, 0.3) is 8.32 Å². The minimum absolute atomic E-state index is 0.000277. The minimum Gasteiger partial charge on any atom is -0.481 e. The van der Waals surface area contributed by atoms with E-state index in [0.717, 1.165) is 16.7 Å². The van der Waals surface area contributed by atoms with Crippen molar-refractivity contribution in [2.45, 2.75) is 45.8 Å². The summed E-state index contributed by atoms with van der Waals surface area (Å²) >= 11 is 0. The fourth-order valence-electron chi connectivity index (χ4n) is 4.17. The molecule has 0 saturated heterocycles. The molecule has 0 atom stereocenters. The number of carboxylic acids is 1. The van der Waals surface area contributed by atoms with Gasteiger partial charge in [-0.05, 0) is 33.5 Å². The third-order valence-corrected chi connectivity index (χ3v) is 10.5. The van der Waals surface area contributed by atoms with E-state index < -0.39 is 14.3 Å². The van der Waals surface area contributed by atoms with Crippen LogP contribution in [0, 0.1) is 6.92 Å². The number of benzene rings is 3. The topological polar surface area (TPSA) is 46.5 Å². The molecule has 3 rings (SSSR count). The van der Waals surface area contributed by atoms with Crippen molar-refractivity contribution in [1.82, 2.24) is 0 Å². The molecule has 0 spiro atoms. The molecule has 3 aromatic rings. The molecule has 30 heavy (non-hydrogen) atoms. The first-order chi connectivity index (χ1) is 14.2. The molecule has 156 valence electrons. The van der Waals surface area contributed by atoms with Crippen LogP contribution in [0.5, 0.6) is 0 Å². The highest BCUT2D eigenvalue weighted by atomic mass is 28.4. The number of aryl methyl sites for hydroxylation is 1. The highest BCUT2D eigenvalue weighted by molar-refractivity contribution is 6.99. The smallest absolute Gasteiger partial charge is 0.307 e. The van der Waals surface area contributed by atoms with Crippen LogP contribution in [0.4, 0.5) is 0 Å². The number of carboxylic acid groups (broad SMARTS) is 1. The van der Waals surface area contributed by atoms with Crippen molar-refractivity contribution in [3.05, 3.63) is 95.6 Å². The van der Waals surface area contributed by atoms with Gasteiger partial charge in [0.15, 0.2) is 0 Å². The predicted molar refractivity (Wildman–Crippen MR) is 125 cm³/mol. The van der Waals surface area contributed by atoms with Gasteiger partial charge in [0, 0.05) is 0 Å². The SMILES string of the molecule is Cc1ccc(CC(=O)O)c(CO[Si](c2ccccc2)(c2ccccc2)C(C)(C)C)c1. The van der Waals surface area contributed by atoms with Crippen LogP contribution in [-0.4, -0.2) is 19.4 Å². The molecular weight excluding hydrogens is 388 g/mol. The van der Waals surface area contributed by atoms with Gasteiger partial charge in [-0.15, -0.1) is 0 Å². The normalized spacial score (nSPS) is 12.0. The molecule has 0 saturated carbocycles. The van der Waals surface area contributed by atoms with Gasteiger partial charge in [0.1, 0.15) is 0 Å². The summed E-state index contributed by atoms with van der Waals surface area (Å²) in [6.45, 7) is 9.14. The van der Waals surface area contributed by atoms with E-state index in [0.29, 0.717) is 6.61 Å². The quantitative estimate of drug-likeness (QED) is 0.566. The summed E-state index contributed by atoms with van der Waals surface area (Å²) in [5, 5.41) is 11.7. The molecule has 0 fully saturated rings. The summed E-state index contributed by atoms with van der Waals surface area (Å²) in [5.74, 6) is -0.828. The Morgan fingerprint density at radius 2 is 1.40 bits per heavy atom. The average Bonchev–Trinajstić information content (AvgIpc) is 2.70. The van der Waals surface area contributed by atoms with Crippen molar-refractivity contribution in [3.8, 4) is 0 Å². The summed E-state index contributed by atoms with van der Waals surface area (Å²) < 4.78 is 6.98. The van der Waals surface area contributed by atoms with Crippen LogP contribution >= 0.6 is 0 Å². The molecule has 1 N–H and O–H groups in total. The van der Waals surface area contributed by atoms with E-state index in [1.165, 1.54) is 10.4 Å². The van der Waals surface area contributed by atoms with Crippen LogP contribution in [0.1, 0.15) is 37.5 Å². The Kier molecular flexibility index (Phi) is 6.59. The van der Waals surface area contributed by atoms with Crippen LogP contribution in [-0.2, 0) is 22.2 Å². The predicted octanol–water partition coefficient (Wildman–Crippen LogP) is 4.70. The Morgan fingerprint density at radius 3 is 1.87 bits per heavy atom. The van der Waals surface area contributed by atoms with Crippen molar-refractivity contribution < 1.29 is 14.3 Å². The maximum absolute atomic E-state index is 11.4. The molecule has 0 aromatic heterocycles. The number of hydrogen-bond acceptors (Lipinski definition) is 2. The lowest BCUT2D eigenvalue weighted by Crippen LogP contribution is -2.66. The van der Waals surface area contributed by atoms with E-state index in [2.05, 4.69) is 75.4 Å². The van der Waals surface area contributed by atoms with Crippen molar-refractivity contribution in [3.63, 3.8) is 0 Å². The van der Waals surface area contributed by atoms with Crippen LogP contribution in [0.25, 0.3) is 0 Å². The van der Waals surface area contributed by atoms with Gasteiger partial charge in [-0.25, -0.2) is 0 Å². The summed E-state index contributed by atoms with van der Waals surface area (Å²) in [7, 11) is -2.66. The molecule has 0 bridgehead atoms. The largest absolute Gasteiger partial charge is 0.481 e. The lowest BCUT2D eigenvalue weighted by molar-refractivity contribution is -0.136. The van der Waals surface area contributed by atoms with E-state index >= 15 is 0 Å². The van der Waals surface area contributed by atoms with Crippen molar-refractivity contribution in [2.75, 3.05) is 0 Å². The third kappa shape index (κ3) is 4.55. The van der Waals surface area contributed by atoms with E-state index in [9.17, 15) is 9.90 Å². The van der Waals surface area contributed by atoms with Gasteiger partial charge in [0.05, 0.1) is 13.0 Å². The standard InChI is InChI=1S/C26H30O3Si/c1-20-15-16-21(18-25(27)28)22(17-20)19-29-30(26(2,3)4,23-11-7-5-8-12-23)24-13-9-6-10-14-24/h5-17H,18-19H2,1-4H3,(H,27,28). The second-order valence-corrected chi connectivity index (χ2v) is 13.1. The first kappa shape index (κ1) is 22.0. The molecular formula is C26H30O3Si. The fraction of sp³-hybridized carbons (Fsp3) is 0.269.